The number of aliphatic hydroxyl groups is 2. The zero-order valence-corrected chi connectivity index (χ0v) is 28.0. The Balaban J connectivity index is 1.96. The molecular formula is C27H46N7O10P. The van der Waals surface area contributed by atoms with Crippen LogP contribution in [-0.4, -0.2) is 92.4 Å². The van der Waals surface area contributed by atoms with Crippen molar-refractivity contribution in [1.29, 1.82) is 0 Å². The molecule has 0 saturated carbocycles. The molecule has 0 bridgehead atoms. The van der Waals surface area contributed by atoms with Crippen LogP contribution in [0.15, 0.2) is 11.1 Å². The number of nitrogens with zero attached hydrogens (tertiary/aromatic N) is 3. The highest BCUT2D eigenvalue weighted by molar-refractivity contribution is 7.54. The van der Waals surface area contributed by atoms with Crippen molar-refractivity contribution in [3.05, 3.63) is 16.7 Å². The third kappa shape index (κ3) is 8.87. The van der Waals surface area contributed by atoms with Gasteiger partial charge in [-0.05, 0) is 30.6 Å². The lowest BCUT2D eigenvalue weighted by Crippen LogP contribution is -2.47. The number of nitrogen functional groups attached to an aromatic ring is 1. The van der Waals surface area contributed by atoms with E-state index in [0.717, 1.165) is 0 Å². The summed E-state index contributed by atoms with van der Waals surface area (Å²) in [5.41, 5.74) is 2.18. The van der Waals surface area contributed by atoms with Crippen LogP contribution < -0.4 is 21.5 Å². The maximum Gasteiger partial charge on any atom is 0.342 e. The number of imidazole rings is 1. The molecule has 0 aliphatic carbocycles. The van der Waals surface area contributed by atoms with Gasteiger partial charge in [-0.1, -0.05) is 41.5 Å². The minimum atomic E-state index is -4.36. The Morgan fingerprint density at radius 2 is 1.64 bits per heavy atom. The number of aromatic amines is 1. The lowest BCUT2D eigenvalue weighted by Gasteiger charge is -2.33. The number of esters is 2. The standard InChI is InChI=1S/C27H46N7O10P/c1-25(2,3)10-14(21(37)41-8)32-45(40,33-15(22(38)42-9)11-26(4,5)6)43-12-16-18(35)27(7,39)23(44-16)34-13-29-17-19(34)30-24(28)31-20(17)36/h13-16,18,23,35,39H,10-12H2,1-9H3,(H2,32,33,40)(H3,28,30,31,36)/t14?,15?,16-,18-,23-,27-,45?/m1/s1. The first-order valence-corrected chi connectivity index (χ1v) is 16.0. The van der Waals surface area contributed by atoms with E-state index in [4.69, 9.17) is 24.5 Å². The van der Waals surface area contributed by atoms with Gasteiger partial charge in [-0.15, -0.1) is 0 Å². The normalized spacial score (nSPS) is 25.1. The first kappa shape index (κ1) is 36.5. The van der Waals surface area contributed by atoms with Gasteiger partial charge in [-0.25, -0.2) is 15.2 Å². The summed E-state index contributed by atoms with van der Waals surface area (Å²) >= 11 is 0. The summed E-state index contributed by atoms with van der Waals surface area (Å²) in [5, 5.41) is 27.9. The van der Waals surface area contributed by atoms with Crippen LogP contribution in [0.25, 0.3) is 11.2 Å². The molecule has 0 spiro atoms. The minimum absolute atomic E-state index is 0.00417. The first-order chi connectivity index (χ1) is 20.6. The Kier molecular flexibility index (Phi) is 10.9. The maximum absolute atomic E-state index is 14.5. The number of H-pyrrole nitrogens is 1. The smallest absolute Gasteiger partial charge is 0.342 e. The van der Waals surface area contributed by atoms with E-state index in [9.17, 15) is 29.2 Å². The van der Waals surface area contributed by atoms with Crippen LogP contribution in [0.3, 0.4) is 0 Å². The minimum Gasteiger partial charge on any atom is -0.468 e. The van der Waals surface area contributed by atoms with Crippen molar-refractivity contribution < 1.29 is 43.1 Å². The molecule has 18 heteroatoms. The third-order valence-electron chi connectivity index (χ3n) is 7.13. The Hall–Kier alpha value is -2.92. The molecule has 0 amide bonds. The van der Waals surface area contributed by atoms with Gasteiger partial charge in [0.05, 0.1) is 27.2 Å². The zero-order valence-electron chi connectivity index (χ0n) is 27.1. The van der Waals surface area contributed by atoms with Gasteiger partial charge in [0.2, 0.25) is 5.95 Å². The van der Waals surface area contributed by atoms with E-state index in [-0.39, 0.29) is 30.0 Å². The molecule has 7 N–H and O–H groups in total. The fraction of sp³-hybridized carbons (Fsp3) is 0.741. The Bertz CT molecular complexity index is 1440. The average molecular weight is 660 g/mol. The van der Waals surface area contributed by atoms with Crippen LogP contribution in [0.2, 0.25) is 0 Å². The van der Waals surface area contributed by atoms with Crippen molar-refractivity contribution in [2.45, 2.75) is 97.4 Å². The van der Waals surface area contributed by atoms with E-state index in [0.29, 0.717) is 0 Å². The van der Waals surface area contributed by atoms with Gasteiger partial charge in [0, 0.05) is 0 Å². The number of rotatable bonds is 12. The van der Waals surface area contributed by atoms with E-state index in [1.807, 2.05) is 41.5 Å². The van der Waals surface area contributed by atoms with E-state index < -0.39 is 78.7 Å². The molecule has 1 aliphatic heterocycles. The summed E-state index contributed by atoms with van der Waals surface area (Å²) in [6.07, 6.45) is -2.66. The molecule has 17 nitrogen and oxygen atoms in total. The van der Waals surface area contributed by atoms with Crippen LogP contribution in [0.5, 0.6) is 0 Å². The number of nitrogens with one attached hydrogen (secondary N) is 3. The largest absolute Gasteiger partial charge is 0.468 e. The molecule has 2 unspecified atom stereocenters. The number of carbonyl (C=O) groups excluding carboxylic acids is 2. The summed E-state index contributed by atoms with van der Waals surface area (Å²) in [6.45, 7) is 12.0. The SMILES string of the molecule is COC(=O)C(CC(C)(C)C)NP(=O)(NC(CC(C)(C)C)C(=O)OC)OC[C@H]1O[C@@H](n2cnc3c(=O)[nH]c(N)nc32)[C@](C)(O)[C@@H]1O. The molecule has 2 aromatic heterocycles. The molecule has 1 aliphatic rings. The number of hydrogen-bond acceptors (Lipinski definition) is 13. The number of methoxy groups -OCH3 is 2. The third-order valence-corrected chi connectivity index (χ3v) is 8.95. The van der Waals surface area contributed by atoms with E-state index in [2.05, 4.69) is 25.1 Å². The van der Waals surface area contributed by atoms with Gasteiger partial charge in [-0.2, -0.15) is 4.98 Å². The first-order valence-electron chi connectivity index (χ1n) is 14.3. The van der Waals surface area contributed by atoms with Crippen LogP contribution in [0.4, 0.5) is 5.95 Å². The Morgan fingerprint density at radius 3 is 2.11 bits per heavy atom. The van der Waals surface area contributed by atoms with Gasteiger partial charge in [0.1, 0.15) is 29.9 Å². The lowest BCUT2D eigenvalue weighted by molar-refractivity contribution is -0.143. The molecule has 1 saturated heterocycles. The Morgan fingerprint density at radius 1 is 1.13 bits per heavy atom. The van der Waals surface area contributed by atoms with Crippen molar-refractivity contribution in [2.24, 2.45) is 10.8 Å². The van der Waals surface area contributed by atoms with Gasteiger partial charge in [-0.3, -0.25) is 28.5 Å². The fourth-order valence-corrected chi connectivity index (χ4v) is 6.86. The number of ether oxygens (including phenoxy) is 3. The molecule has 3 rings (SSSR count). The monoisotopic (exact) mass is 659 g/mol. The van der Waals surface area contributed by atoms with Crippen LogP contribution in [-0.2, 0) is 32.9 Å². The molecule has 1 fully saturated rings. The maximum atomic E-state index is 14.5. The molecule has 0 aromatic carbocycles. The summed E-state index contributed by atoms with van der Waals surface area (Å²) in [5.74, 6) is -1.62. The molecule has 254 valence electrons. The van der Waals surface area contributed by atoms with Crippen LogP contribution in [0, 0.1) is 10.8 Å². The van der Waals surface area contributed by atoms with Crippen molar-refractivity contribution in [3.63, 3.8) is 0 Å². The topological polar surface area (TPSA) is 242 Å². The van der Waals surface area contributed by atoms with E-state index in [1.54, 1.807) is 0 Å². The number of anilines is 1. The van der Waals surface area contributed by atoms with Gasteiger partial charge >= 0.3 is 19.6 Å². The van der Waals surface area contributed by atoms with E-state index >= 15 is 0 Å². The second kappa shape index (κ2) is 13.4. The van der Waals surface area contributed by atoms with E-state index in [1.165, 1.54) is 32.0 Å². The number of hydrogen-bond donors (Lipinski definition) is 6. The number of nitrogens with two attached hydrogens (primary N) is 1. The van der Waals surface area contributed by atoms with Crippen LogP contribution in [0.1, 0.15) is 67.5 Å². The average Bonchev–Trinajstić information content (AvgIpc) is 3.42. The predicted molar refractivity (Wildman–Crippen MR) is 163 cm³/mol. The van der Waals surface area contributed by atoms with Crippen molar-refractivity contribution >= 4 is 36.7 Å². The molecule has 2 aromatic rings. The van der Waals surface area contributed by atoms with Gasteiger partial charge < -0.3 is 34.7 Å². The molecule has 45 heavy (non-hydrogen) atoms. The summed E-state index contributed by atoms with van der Waals surface area (Å²) < 4.78 is 37.5. The second-order valence-electron chi connectivity index (χ2n) is 13.8. The second-order valence-corrected chi connectivity index (χ2v) is 15.6. The van der Waals surface area contributed by atoms with Crippen LogP contribution >= 0.6 is 7.67 Å². The quantitative estimate of drug-likeness (QED) is 0.137. The summed E-state index contributed by atoms with van der Waals surface area (Å²) in [4.78, 5) is 48.3. The predicted octanol–water partition coefficient (Wildman–Crippen LogP) is 0.971. The number of aromatic nitrogens is 4. The molecule has 6 atom stereocenters. The van der Waals surface area contributed by atoms with Gasteiger partial charge in [0.25, 0.3) is 5.56 Å². The molecular weight excluding hydrogens is 613 g/mol. The highest BCUT2D eigenvalue weighted by Gasteiger charge is 2.54. The number of aliphatic hydroxyl groups excluding tert-OH is 1. The lowest BCUT2D eigenvalue weighted by atomic mass is 9.88. The van der Waals surface area contributed by atoms with Crippen molar-refractivity contribution in [2.75, 3.05) is 26.6 Å². The number of fused-ring (bicyclic) bond motifs is 1. The highest BCUT2D eigenvalue weighted by Crippen LogP contribution is 2.45. The zero-order chi connectivity index (χ0) is 34.1. The van der Waals surface area contributed by atoms with Crippen molar-refractivity contribution in [3.8, 4) is 0 Å². The van der Waals surface area contributed by atoms with Crippen molar-refractivity contribution in [1.82, 2.24) is 29.7 Å². The summed E-state index contributed by atoms with van der Waals surface area (Å²) in [7, 11) is -1.98. The molecule has 0 radical (unpaired) electrons. The Labute approximate surface area is 261 Å². The highest BCUT2D eigenvalue weighted by atomic mass is 31.2. The molecule has 3 heterocycles. The fourth-order valence-electron chi connectivity index (χ4n) is 5.07. The van der Waals surface area contributed by atoms with Gasteiger partial charge in [0.15, 0.2) is 17.4 Å². The number of carbonyl (C=O) groups is 2. The summed E-state index contributed by atoms with van der Waals surface area (Å²) in [6, 6.07) is -2.25.